The lowest BCUT2D eigenvalue weighted by Crippen LogP contribution is -2.31. The van der Waals surface area contributed by atoms with E-state index in [0.717, 1.165) is 11.8 Å². The Hall–Kier alpha value is -3.28. The predicted molar refractivity (Wildman–Crippen MR) is 88.0 cm³/mol. The Morgan fingerprint density at radius 1 is 0.958 bits per heavy atom. The Labute approximate surface area is 138 Å². The molecular weight excluding hydrogens is 308 g/mol. The Kier molecular flexibility index (Phi) is 4.20. The second-order valence-electron chi connectivity index (χ2n) is 5.36. The molecule has 2 aromatic rings. The summed E-state index contributed by atoms with van der Waals surface area (Å²) in [5.41, 5.74) is 2.38. The van der Waals surface area contributed by atoms with Crippen molar-refractivity contribution in [1.82, 2.24) is 4.90 Å². The second-order valence-corrected chi connectivity index (χ2v) is 5.36. The van der Waals surface area contributed by atoms with E-state index >= 15 is 0 Å². The molecule has 0 atom stereocenters. The number of nitro groups is 1. The smallest absolute Gasteiger partial charge is 0.261 e. The molecule has 0 fully saturated rings. The highest BCUT2D eigenvalue weighted by molar-refractivity contribution is 6.21. The molecule has 1 heterocycles. The van der Waals surface area contributed by atoms with E-state index in [1.54, 1.807) is 36.4 Å². The van der Waals surface area contributed by atoms with Gasteiger partial charge < -0.3 is 0 Å². The van der Waals surface area contributed by atoms with Gasteiger partial charge in [-0.1, -0.05) is 36.4 Å². The molecule has 0 aliphatic carbocycles. The van der Waals surface area contributed by atoms with Crippen molar-refractivity contribution in [2.24, 2.45) is 0 Å². The predicted octanol–water partition coefficient (Wildman–Crippen LogP) is 2.77. The van der Waals surface area contributed by atoms with Gasteiger partial charge in [0.15, 0.2) is 0 Å². The number of carbonyl (C=O) groups is 2. The van der Waals surface area contributed by atoms with Gasteiger partial charge in [-0.3, -0.25) is 24.6 Å². The fourth-order valence-corrected chi connectivity index (χ4v) is 2.74. The molecule has 2 amide bonds. The van der Waals surface area contributed by atoms with Gasteiger partial charge in [-0.05, 0) is 29.7 Å². The van der Waals surface area contributed by atoms with Gasteiger partial charge in [-0.2, -0.15) is 0 Å². The summed E-state index contributed by atoms with van der Waals surface area (Å²) in [6.45, 7) is 0.232. The number of imide groups is 1. The topological polar surface area (TPSA) is 80.5 Å². The molecule has 0 radical (unpaired) electrons. The zero-order valence-electron chi connectivity index (χ0n) is 12.7. The van der Waals surface area contributed by atoms with Crippen LogP contribution in [0.5, 0.6) is 0 Å². The third-order valence-corrected chi connectivity index (χ3v) is 3.91. The normalized spacial score (nSPS) is 13.6. The van der Waals surface area contributed by atoms with Crippen LogP contribution in [-0.2, 0) is 6.42 Å². The minimum atomic E-state index is -0.527. The maximum atomic E-state index is 12.3. The SMILES string of the molecule is O=C1c2ccccc2C(=O)N1CCc1ccccc1/C=C/[N+](=O)[O-]. The van der Waals surface area contributed by atoms with Crippen molar-refractivity contribution in [3.63, 3.8) is 0 Å². The van der Waals surface area contributed by atoms with E-state index in [9.17, 15) is 19.7 Å². The molecule has 1 aliphatic rings. The highest BCUT2D eigenvalue weighted by atomic mass is 16.6. The zero-order valence-corrected chi connectivity index (χ0v) is 12.7. The molecule has 0 bridgehead atoms. The van der Waals surface area contributed by atoms with E-state index in [0.29, 0.717) is 23.1 Å². The molecule has 0 N–H and O–H groups in total. The minimum absolute atomic E-state index is 0.232. The molecule has 0 spiro atoms. The lowest BCUT2D eigenvalue weighted by atomic mass is 10.0. The summed E-state index contributed by atoms with van der Waals surface area (Å²) >= 11 is 0. The van der Waals surface area contributed by atoms with E-state index in [1.165, 1.54) is 11.0 Å². The molecule has 0 saturated carbocycles. The molecule has 6 heteroatoms. The lowest BCUT2D eigenvalue weighted by Gasteiger charge is -2.14. The van der Waals surface area contributed by atoms with Crippen LogP contribution in [0.2, 0.25) is 0 Å². The molecule has 2 aromatic carbocycles. The highest BCUT2D eigenvalue weighted by Gasteiger charge is 2.34. The Bertz CT molecular complexity index is 823. The first-order valence-electron chi connectivity index (χ1n) is 7.43. The van der Waals surface area contributed by atoms with Crippen molar-refractivity contribution in [1.29, 1.82) is 0 Å². The van der Waals surface area contributed by atoms with Crippen LogP contribution >= 0.6 is 0 Å². The van der Waals surface area contributed by atoms with Crippen molar-refractivity contribution in [3.8, 4) is 0 Å². The molecule has 0 saturated heterocycles. The van der Waals surface area contributed by atoms with Crippen LogP contribution < -0.4 is 0 Å². The summed E-state index contributed by atoms with van der Waals surface area (Å²) in [6.07, 6.45) is 2.72. The van der Waals surface area contributed by atoms with Gasteiger partial charge in [0.1, 0.15) is 0 Å². The summed E-state index contributed by atoms with van der Waals surface area (Å²) < 4.78 is 0. The first-order valence-corrected chi connectivity index (χ1v) is 7.43. The molecule has 120 valence electrons. The van der Waals surface area contributed by atoms with Crippen LogP contribution in [0, 0.1) is 10.1 Å². The average Bonchev–Trinajstić information content (AvgIpc) is 2.83. The third-order valence-electron chi connectivity index (χ3n) is 3.91. The average molecular weight is 322 g/mol. The fraction of sp³-hybridized carbons (Fsp3) is 0.111. The van der Waals surface area contributed by atoms with Crippen molar-refractivity contribution in [2.45, 2.75) is 6.42 Å². The van der Waals surface area contributed by atoms with Crippen LogP contribution in [0.4, 0.5) is 0 Å². The monoisotopic (exact) mass is 322 g/mol. The molecule has 24 heavy (non-hydrogen) atoms. The molecule has 6 nitrogen and oxygen atoms in total. The van der Waals surface area contributed by atoms with Gasteiger partial charge in [-0.15, -0.1) is 0 Å². The lowest BCUT2D eigenvalue weighted by molar-refractivity contribution is -0.400. The first kappa shape index (κ1) is 15.6. The Morgan fingerprint density at radius 3 is 2.17 bits per heavy atom. The molecular formula is C18H14N2O4. The number of hydrogen-bond acceptors (Lipinski definition) is 4. The van der Waals surface area contributed by atoms with Gasteiger partial charge >= 0.3 is 0 Å². The van der Waals surface area contributed by atoms with Gasteiger partial charge in [0, 0.05) is 12.6 Å². The van der Waals surface area contributed by atoms with E-state index < -0.39 is 4.92 Å². The van der Waals surface area contributed by atoms with E-state index in [-0.39, 0.29) is 18.4 Å². The quantitative estimate of drug-likeness (QED) is 0.481. The summed E-state index contributed by atoms with van der Waals surface area (Å²) in [6, 6.07) is 13.9. The van der Waals surface area contributed by atoms with Crippen molar-refractivity contribution in [3.05, 3.63) is 87.1 Å². The van der Waals surface area contributed by atoms with E-state index in [2.05, 4.69) is 0 Å². The standard InChI is InChI=1S/C18H14N2O4/c21-17-15-7-3-4-8-16(15)18(22)19(17)11-9-13-5-1-2-6-14(13)10-12-20(23)24/h1-8,10,12H,9,11H2/b12-10+. The number of benzene rings is 2. The van der Waals surface area contributed by atoms with Crippen LogP contribution in [-0.4, -0.2) is 28.2 Å². The summed E-state index contributed by atoms with van der Waals surface area (Å²) in [7, 11) is 0. The molecule has 0 unspecified atom stereocenters. The van der Waals surface area contributed by atoms with E-state index in [1.807, 2.05) is 12.1 Å². The first-order chi connectivity index (χ1) is 11.6. The van der Waals surface area contributed by atoms with Gasteiger partial charge in [0.25, 0.3) is 11.8 Å². The Balaban J connectivity index is 1.77. The number of fused-ring (bicyclic) bond motifs is 1. The number of nitrogens with zero attached hydrogens (tertiary/aromatic N) is 2. The van der Waals surface area contributed by atoms with Gasteiger partial charge in [-0.25, -0.2) is 0 Å². The maximum Gasteiger partial charge on any atom is 0.261 e. The molecule has 3 rings (SSSR count). The van der Waals surface area contributed by atoms with Crippen molar-refractivity contribution >= 4 is 17.9 Å². The zero-order chi connectivity index (χ0) is 17.1. The van der Waals surface area contributed by atoms with Crippen LogP contribution in [0.1, 0.15) is 31.8 Å². The van der Waals surface area contributed by atoms with Crippen LogP contribution in [0.15, 0.2) is 54.7 Å². The summed E-state index contributed by atoms with van der Waals surface area (Å²) in [5.74, 6) is -0.595. The van der Waals surface area contributed by atoms with Crippen LogP contribution in [0.3, 0.4) is 0 Å². The second kappa shape index (κ2) is 6.45. The number of amides is 2. The highest BCUT2D eigenvalue weighted by Crippen LogP contribution is 2.23. The maximum absolute atomic E-state index is 12.3. The van der Waals surface area contributed by atoms with Gasteiger partial charge in [0.05, 0.1) is 16.1 Å². The van der Waals surface area contributed by atoms with Gasteiger partial charge in [0.2, 0.25) is 6.20 Å². The summed E-state index contributed by atoms with van der Waals surface area (Å²) in [4.78, 5) is 35.8. The minimum Gasteiger partial charge on any atom is -0.274 e. The van der Waals surface area contributed by atoms with Crippen LogP contribution in [0.25, 0.3) is 6.08 Å². The Morgan fingerprint density at radius 2 is 1.54 bits per heavy atom. The fourth-order valence-electron chi connectivity index (χ4n) is 2.74. The van der Waals surface area contributed by atoms with Crippen molar-refractivity contribution < 1.29 is 14.5 Å². The molecule has 0 aromatic heterocycles. The number of hydrogen-bond donors (Lipinski definition) is 0. The molecule has 1 aliphatic heterocycles. The van der Waals surface area contributed by atoms with Crippen molar-refractivity contribution in [2.75, 3.05) is 6.54 Å². The third kappa shape index (κ3) is 2.94. The summed E-state index contributed by atoms with van der Waals surface area (Å²) in [5, 5.41) is 10.5. The number of rotatable bonds is 5. The largest absolute Gasteiger partial charge is 0.274 e. The van der Waals surface area contributed by atoms with E-state index in [4.69, 9.17) is 0 Å². The number of carbonyl (C=O) groups excluding carboxylic acids is 2.